The van der Waals surface area contributed by atoms with Crippen LogP contribution in [0.4, 0.5) is 4.79 Å². The maximum absolute atomic E-state index is 12.5. The Bertz CT molecular complexity index is 845. The maximum Gasteiger partial charge on any atom is 0.315 e. The van der Waals surface area contributed by atoms with Crippen LogP contribution in [0.3, 0.4) is 0 Å². The first kappa shape index (κ1) is 19.2. The molecule has 1 aromatic heterocycles. The normalized spacial score (nSPS) is 17.7. The number of hydrogen-bond donors (Lipinski definition) is 2. The van der Waals surface area contributed by atoms with E-state index in [1.807, 2.05) is 19.9 Å². The molecule has 1 atom stereocenters. The molecular weight excluding hydrogens is 338 g/mol. The van der Waals surface area contributed by atoms with Crippen LogP contribution >= 0.6 is 0 Å². The second kappa shape index (κ2) is 7.59. The lowest BCUT2D eigenvalue weighted by atomic mass is 9.71. The van der Waals surface area contributed by atoms with Gasteiger partial charge in [-0.2, -0.15) is 0 Å². The summed E-state index contributed by atoms with van der Waals surface area (Å²) in [7, 11) is 1.65. The fourth-order valence-electron chi connectivity index (χ4n) is 3.99. The van der Waals surface area contributed by atoms with E-state index in [-0.39, 0.29) is 17.5 Å². The molecule has 27 heavy (non-hydrogen) atoms. The van der Waals surface area contributed by atoms with E-state index in [2.05, 4.69) is 47.7 Å². The molecule has 0 bridgehead atoms. The van der Waals surface area contributed by atoms with Gasteiger partial charge in [0, 0.05) is 17.3 Å². The van der Waals surface area contributed by atoms with Crippen LogP contribution in [0.2, 0.25) is 0 Å². The summed E-state index contributed by atoms with van der Waals surface area (Å²) < 4.78 is 5.43. The highest BCUT2D eigenvalue weighted by Crippen LogP contribution is 2.41. The first-order valence-electron chi connectivity index (χ1n) is 9.46. The van der Waals surface area contributed by atoms with E-state index < -0.39 is 0 Å². The fraction of sp³-hybridized carbons (Fsp3) is 0.455. The fourth-order valence-corrected chi connectivity index (χ4v) is 3.99. The van der Waals surface area contributed by atoms with E-state index >= 15 is 0 Å². The van der Waals surface area contributed by atoms with Gasteiger partial charge in [0.2, 0.25) is 0 Å². The number of benzene rings is 1. The zero-order valence-electron chi connectivity index (χ0n) is 16.8. The summed E-state index contributed by atoms with van der Waals surface area (Å²) >= 11 is 0. The van der Waals surface area contributed by atoms with Crippen molar-refractivity contribution in [3.63, 3.8) is 0 Å². The standard InChI is InChI=1S/C22H29N3O2/c1-14-12-23-19(15(2)20(14)27-5)13-24-21(26)25-18-10-11-22(3,4)17-9-7-6-8-16(17)18/h6-9,12,18H,10-11,13H2,1-5H3,(H2,24,25,26)/t18-/m1/s1. The number of rotatable bonds is 4. The number of amides is 2. The number of ether oxygens (including phenoxy) is 1. The third kappa shape index (κ3) is 3.92. The summed E-state index contributed by atoms with van der Waals surface area (Å²) in [6.07, 6.45) is 3.76. The average molecular weight is 367 g/mol. The first-order valence-corrected chi connectivity index (χ1v) is 9.46. The van der Waals surface area contributed by atoms with E-state index in [1.165, 1.54) is 11.1 Å². The molecule has 0 unspecified atom stereocenters. The van der Waals surface area contributed by atoms with Crippen LogP contribution in [0.1, 0.15) is 60.7 Å². The van der Waals surface area contributed by atoms with Crippen molar-refractivity contribution < 1.29 is 9.53 Å². The molecule has 1 aromatic carbocycles. The Morgan fingerprint density at radius 3 is 2.78 bits per heavy atom. The molecule has 2 amide bonds. The van der Waals surface area contributed by atoms with Crippen molar-refractivity contribution in [2.45, 2.75) is 58.5 Å². The highest BCUT2D eigenvalue weighted by molar-refractivity contribution is 5.74. The number of carbonyl (C=O) groups excluding carboxylic acids is 1. The molecule has 3 rings (SSSR count). The molecular formula is C22H29N3O2. The molecule has 0 saturated heterocycles. The van der Waals surface area contributed by atoms with E-state index in [0.717, 1.165) is 35.4 Å². The molecule has 1 aliphatic carbocycles. The Hall–Kier alpha value is -2.56. The lowest BCUT2D eigenvalue weighted by Gasteiger charge is -2.37. The van der Waals surface area contributed by atoms with Crippen LogP contribution in [-0.2, 0) is 12.0 Å². The van der Waals surface area contributed by atoms with Gasteiger partial charge in [0.05, 0.1) is 25.4 Å². The zero-order chi connectivity index (χ0) is 19.6. The Morgan fingerprint density at radius 2 is 2.04 bits per heavy atom. The summed E-state index contributed by atoms with van der Waals surface area (Å²) in [5.74, 6) is 0.825. The lowest BCUT2D eigenvalue weighted by molar-refractivity contribution is 0.233. The number of methoxy groups -OCH3 is 1. The minimum Gasteiger partial charge on any atom is -0.496 e. The molecule has 5 nitrogen and oxygen atoms in total. The van der Waals surface area contributed by atoms with Crippen molar-refractivity contribution >= 4 is 6.03 Å². The van der Waals surface area contributed by atoms with Crippen LogP contribution < -0.4 is 15.4 Å². The average Bonchev–Trinajstić information content (AvgIpc) is 2.64. The van der Waals surface area contributed by atoms with Gasteiger partial charge in [0.15, 0.2) is 0 Å². The monoisotopic (exact) mass is 367 g/mol. The van der Waals surface area contributed by atoms with Gasteiger partial charge in [-0.15, -0.1) is 0 Å². The van der Waals surface area contributed by atoms with Gasteiger partial charge < -0.3 is 15.4 Å². The minimum atomic E-state index is -0.171. The number of urea groups is 1. The molecule has 1 heterocycles. The second-order valence-corrected chi connectivity index (χ2v) is 7.94. The number of nitrogens with zero attached hydrogens (tertiary/aromatic N) is 1. The lowest BCUT2D eigenvalue weighted by Crippen LogP contribution is -2.41. The Morgan fingerprint density at radius 1 is 1.30 bits per heavy atom. The van der Waals surface area contributed by atoms with Crippen LogP contribution in [-0.4, -0.2) is 18.1 Å². The van der Waals surface area contributed by atoms with Gasteiger partial charge in [-0.3, -0.25) is 4.98 Å². The summed E-state index contributed by atoms with van der Waals surface area (Å²) in [4.78, 5) is 16.9. The van der Waals surface area contributed by atoms with E-state index in [9.17, 15) is 4.79 Å². The third-order valence-corrected chi connectivity index (χ3v) is 5.59. The van der Waals surface area contributed by atoms with Crippen LogP contribution in [0.5, 0.6) is 5.75 Å². The molecule has 5 heteroatoms. The summed E-state index contributed by atoms with van der Waals surface area (Å²) in [5.41, 5.74) is 5.45. The maximum atomic E-state index is 12.5. The second-order valence-electron chi connectivity index (χ2n) is 7.94. The number of nitrogens with one attached hydrogen (secondary N) is 2. The first-order chi connectivity index (χ1) is 12.8. The van der Waals surface area contributed by atoms with Crippen molar-refractivity contribution in [1.29, 1.82) is 0 Å². The summed E-state index contributed by atoms with van der Waals surface area (Å²) in [5, 5.41) is 6.07. The highest BCUT2D eigenvalue weighted by Gasteiger charge is 2.32. The van der Waals surface area contributed by atoms with E-state index in [0.29, 0.717) is 6.54 Å². The Labute approximate surface area is 161 Å². The topological polar surface area (TPSA) is 63.2 Å². The smallest absolute Gasteiger partial charge is 0.315 e. The number of carbonyl (C=O) groups is 1. The van der Waals surface area contributed by atoms with Gasteiger partial charge in [-0.25, -0.2) is 4.79 Å². The molecule has 0 radical (unpaired) electrons. The van der Waals surface area contributed by atoms with Crippen molar-refractivity contribution in [3.8, 4) is 5.75 Å². The van der Waals surface area contributed by atoms with Crippen molar-refractivity contribution in [3.05, 3.63) is 58.4 Å². The van der Waals surface area contributed by atoms with Crippen LogP contribution in [0.25, 0.3) is 0 Å². The van der Waals surface area contributed by atoms with Gasteiger partial charge in [-0.1, -0.05) is 38.1 Å². The largest absolute Gasteiger partial charge is 0.496 e. The Balaban J connectivity index is 1.67. The van der Waals surface area contributed by atoms with Gasteiger partial charge in [-0.05, 0) is 43.2 Å². The molecule has 2 N–H and O–H groups in total. The number of hydrogen-bond acceptors (Lipinski definition) is 3. The number of fused-ring (bicyclic) bond motifs is 1. The Kier molecular flexibility index (Phi) is 5.40. The predicted molar refractivity (Wildman–Crippen MR) is 107 cm³/mol. The van der Waals surface area contributed by atoms with Crippen LogP contribution in [0.15, 0.2) is 30.5 Å². The van der Waals surface area contributed by atoms with Gasteiger partial charge >= 0.3 is 6.03 Å². The molecule has 0 saturated carbocycles. The molecule has 2 aromatic rings. The SMILES string of the molecule is COc1c(C)cnc(CNC(=O)N[C@@H]2CCC(C)(C)c3ccccc32)c1C. The van der Waals surface area contributed by atoms with Crippen molar-refractivity contribution in [1.82, 2.24) is 15.6 Å². The van der Waals surface area contributed by atoms with Crippen molar-refractivity contribution in [2.24, 2.45) is 0 Å². The zero-order valence-corrected chi connectivity index (χ0v) is 16.8. The molecule has 1 aliphatic rings. The van der Waals surface area contributed by atoms with E-state index in [4.69, 9.17) is 4.74 Å². The third-order valence-electron chi connectivity index (χ3n) is 5.59. The summed E-state index contributed by atoms with van der Waals surface area (Å²) in [6.45, 7) is 8.83. The quantitative estimate of drug-likeness (QED) is 0.846. The minimum absolute atomic E-state index is 0.0378. The number of aromatic nitrogens is 1. The molecule has 0 aliphatic heterocycles. The van der Waals surface area contributed by atoms with E-state index in [1.54, 1.807) is 13.3 Å². The predicted octanol–water partition coefficient (Wildman–Crippen LogP) is 4.32. The molecule has 144 valence electrons. The van der Waals surface area contributed by atoms with Crippen LogP contribution in [0, 0.1) is 13.8 Å². The highest BCUT2D eigenvalue weighted by atomic mass is 16.5. The number of aryl methyl sites for hydroxylation is 1. The van der Waals surface area contributed by atoms with Crippen molar-refractivity contribution in [2.75, 3.05) is 7.11 Å². The number of pyridine rings is 1. The van der Waals surface area contributed by atoms with Gasteiger partial charge in [0.25, 0.3) is 0 Å². The molecule has 0 fully saturated rings. The summed E-state index contributed by atoms with van der Waals surface area (Å²) in [6, 6.07) is 8.28. The molecule has 0 spiro atoms. The van der Waals surface area contributed by atoms with Gasteiger partial charge in [0.1, 0.15) is 5.75 Å².